The number of carbonyl (C=O) groups is 3. The van der Waals surface area contributed by atoms with E-state index in [1.807, 2.05) is 83.8 Å². The van der Waals surface area contributed by atoms with Crippen molar-refractivity contribution < 1.29 is 19.1 Å². The third kappa shape index (κ3) is 8.17. The van der Waals surface area contributed by atoms with Gasteiger partial charge in [0.05, 0.1) is 20.2 Å². The molecule has 3 atom stereocenters. The minimum atomic E-state index is -0.574. The van der Waals surface area contributed by atoms with Gasteiger partial charge in [0.25, 0.3) is 0 Å². The Labute approximate surface area is 261 Å². The minimum Gasteiger partial charge on any atom is -0.497 e. The van der Waals surface area contributed by atoms with Gasteiger partial charge in [0.2, 0.25) is 11.8 Å². The van der Waals surface area contributed by atoms with E-state index in [4.69, 9.17) is 4.74 Å². The predicted octanol–water partition coefficient (Wildman–Crippen LogP) is 5.11. The van der Waals surface area contributed by atoms with Crippen molar-refractivity contribution in [3.8, 4) is 5.75 Å². The van der Waals surface area contributed by atoms with Crippen LogP contribution in [0.2, 0.25) is 0 Å². The monoisotopic (exact) mass is 599 g/mol. The van der Waals surface area contributed by atoms with Gasteiger partial charge in [0.1, 0.15) is 18.0 Å². The number of hydrazine groups is 1. The van der Waals surface area contributed by atoms with Gasteiger partial charge in [-0.15, -0.1) is 0 Å². The first-order valence-electron chi connectivity index (χ1n) is 15.4. The summed E-state index contributed by atoms with van der Waals surface area (Å²) < 4.78 is 5.21. The van der Waals surface area contributed by atoms with E-state index in [0.29, 0.717) is 19.5 Å². The Morgan fingerprint density at radius 3 is 2.16 bits per heavy atom. The van der Waals surface area contributed by atoms with Crippen LogP contribution in [-0.2, 0) is 16.1 Å². The van der Waals surface area contributed by atoms with E-state index in [1.165, 1.54) is 0 Å². The van der Waals surface area contributed by atoms with Crippen molar-refractivity contribution in [2.75, 3.05) is 33.8 Å². The van der Waals surface area contributed by atoms with Gasteiger partial charge in [-0.25, -0.2) is 14.8 Å². The van der Waals surface area contributed by atoms with E-state index in [2.05, 4.69) is 31.3 Å². The lowest BCUT2D eigenvalue weighted by molar-refractivity contribution is -0.187. The van der Waals surface area contributed by atoms with Crippen LogP contribution in [0, 0.1) is 0 Å². The molecule has 0 spiro atoms. The number of piperazine rings is 1. The molecule has 0 aliphatic carbocycles. The zero-order valence-corrected chi connectivity index (χ0v) is 26.3. The molecule has 0 saturated carbocycles. The second-order valence-corrected chi connectivity index (χ2v) is 11.3. The van der Waals surface area contributed by atoms with Crippen LogP contribution in [0.4, 0.5) is 4.79 Å². The fourth-order valence-electron chi connectivity index (χ4n) is 5.75. The van der Waals surface area contributed by atoms with Gasteiger partial charge in [-0.3, -0.25) is 9.59 Å². The molecule has 2 saturated heterocycles. The molecule has 0 radical (unpaired) electrons. The highest BCUT2D eigenvalue weighted by Crippen LogP contribution is 2.30. The summed E-state index contributed by atoms with van der Waals surface area (Å²) in [7, 11) is 3.36. The van der Waals surface area contributed by atoms with Crippen molar-refractivity contribution in [3.63, 3.8) is 0 Å². The van der Waals surface area contributed by atoms with Crippen LogP contribution < -0.4 is 10.1 Å². The van der Waals surface area contributed by atoms with E-state index >= 15 is 0 Å². The molecule has 0 bridgehead atoms. The first kappa shape index (κ1) is 32.5. The van der Waals surface area contributed by atoms with Gasteiger partial charge in [0, 0.05) is 20.1 Å². The lowest BCUT2D eigenvalue weighted by atomic mass is 9.97. The van der Waals surface area contributed by atoms with Crippen LogP contribution in [0.15, 0.2) is 91.0 Å². The lowest BCUT2D eigenvalue weighted by Gasteiger charge is -2.54. The Morgan fingerprint density at radius 2 is 1.57 bits per heavy atom. The highest BCUT2D eigenvalue weighted by atomic mass is 16.5. The van der Waals surface area contributed by atoms with E-state index in [1.54, 1.807) is 29.1 Å². The van der Waals surface area contributed by atoms with Crippen molar-refractivity contribution in [2.45, 2.75) is 57.8 Å². The van der Waals surface area contributed by atoms with Crippen LogP contribution in [0.3, 0.4) is 0 Å². The smallest absolute Gasteiger partial charge is 0.334 e. The normalized spacial score (nSPS) is 19.0. The first-order chi connectivity index (χ1) is 21.3. The molecule has 3 aromatic rings. The number of amides is 4. The average molecular weight is 600 g/mol. The minimum absolute atomic E-state index is 0.0334. The molecule has 5 rings (SSSR count). The number of hydrogen-bond acceptors (Lipinski definition) is 5. The van der Waals surface area contributed by atoms with Gasteiger partial charge in [-0.2, -0.15) is 0 Å². The first-order valence-corrected chi connectivity index (χ1v) is 15.4. The van der Waals surface area contributed by atoms with Crippen LogP contribution in [-0.4, -0.2) is 83.7 Å². The molecule has 44 heavy (non-hydrogen) atoms. The Hall–Kier alpha value is -4.37. The molecule has 2 aliphatic heterocycles. The molecular weight excluding hydrogens is 554 g/mol. The number of nitrogens with one attached hydrogen (secondary N) is 1. The summed E-state index contributed by atoms with van der Waals surface area (Å²) >= 11 is 0. The number of unbranched alkanes of at least 4 members (excludes halogenated alkanes) is 1. The number of carbonyl (C=O) groups excluding carboxylic acids is 3. The third-order valence-electron chi connectivity index (χ3n) is 8.11. The Balaban J connectivity index is 0.000000657. The summed E-state index contributed by atoms with van der Waals surface area (Å²) in [6, 6.07) is 28.7. The fraction of sp³-hybridized carbons (Fsp3) is 0.400. The summed E-state index contributed by atoms with van der Waals surface area (Å²) in [6.45, 7) is 5.35. The van der Waals surface area contributed by atoms with E-state index in [9.17, 15) is 14.4 Å². The SMILES string of the molecule is CCCC[C@H]1C(=O)N(CC(C)c2ccccc2)C[C@H]2N1C(=O)CN(C)N2C(=O)NCc1ccc(OC)cc1.c1ccccc1. The van der Waals surface area contributed by atoms with Crippen molar-refractivity contribution in [3.05, 3.63) is 102 Å². The lowest BCUT2D eigenvalue weighted by Crippen LogP contribution is -2.76. The van der Waals surface area contributed by atoms with E-state index < -0.39 is 12.2 Å². The van der Waals surface area contributed by atoms with Gasteiger partial charge < -0.3 is 19.9 Å². The van der Waals surface area contributed by atoms with Crippen molar-refractivity contribution >= 4 is 17.8 Å². The van der Waals surface area contributed by atoms with Gasteiger partial charge in [-0.1, -0.05) is 106 Å². The molecule has 234 valence electrons. The zero-order chi connectivity index (χ0) is 31.5. The van der Waals surface area contributed by atoms with E-state index in [0.717, 1.165) is 29.7 Å². The van der Waals surface area contributed by atoms with Gasteiger partial charge >= 0.3 is 6.03 Å². The molecule has 4 amide bonds. The quantitative estimate of drug-likeness (QED) is 0.370. The van der Waals surface area contributed by atoms with Crippen molar-refractivity contribution in [2.24, 2.45) is 0 Å². The molecule has 1 unspecified atom stereocenters. The maximum absolute atomic E-state index is 13.7. The third-order valence-corrected chi connectivity index (χ3v) is 8.11. The number of hydrogen-bond donors (Lipinski definition) is 1. The molecule has 9 heteroatoms. The predicted molar refractivity (Wildman–Crippen MR) is 172 cm³/mol. The second-order valence-electron chi connectivity index (χ2n) is 11.3. The fourth-order valence-corrected chi connectivity index (χ4v) is 5.75. The highest BCUT2D eigenvalue weighted by molar-refractivity contribution is 5.91. The average Bonchev–Trinajstić information content (AvgIpc) is 3.05. The van der Waals surface area contributed by atoms with Crippen LogP contribution >= 0.6 is 0 Å². The summed E-state index contributed by atoms with van der Waals surface area (Å²) in [5.41, 5.74) is 2.09. The van der Waals surface area contributed by atoms with Gasteiger partial charge in [0.15, 0.2) is 0 Å². The number of rotatable bonds is 9. The largest absolute Gasteiger partial charge is 0.497 e. The molecule has 2 aliphatic rings. The van der Waals surface area contributed by atoms with Crippen LogP contribution in [0.25, 0.3) is 0 Å². The number of urea groups is 1. The summed E-state index contributed by atoms with van der Waals surface area (Å²) in [5.74, 6) is 0.712. The van der Waals surface area contributed by atoms with Gasteiger partial charge in [-0.05, 0) is 35.6 Å². The van der Waals surface area contributed by atoms with Crippen molar-refractivity contribution in [1.29, 1.82) is 0 Å². The number of methoxy groups -OCH3 is 1. The molecule has 0 aromatic heterocycles. The van der Waals surface area contributed by atoms with E-state index in [-0.39, 0.29) is 36.9 Å². The molecule has 2 heterocycles. The number of ether oxygens (including phenoxy) is 1. The second kappa shape index (κ2) is 15.9. The summed E-state index contributed by atoms with van der Waals surface area (Å²) in [5, 5.41) is 6.27. The standard InChI is InChI=1S/C29H39N5O4.C6H6/c1-5-6-12-25-28(36)32(18-21(2)23-10-8-7-9-11-23)19-26-33(25)27(35)20-31(3)34(26)29(37)30-17-22-13-15-24(38-4)16-14-22;1-2-4-6-5-3-1/h7-11,13-16,21,25-26H,5-6,12,17-20H2,1-4H3,(H,30,37);1-6H/t21?,25-,26-;/m0./s1. The summed E-state index contributed by atoms with van der Waals surface area (Å²) in [6.07, 6.45) is 1.76. The Morgan fingerprint density at radius 1 is 0.955 bits per heavy atom. The van der Waals surface area contributed by atoms with Crippen LogP contribution in [0.1, 0.15) is 50.2 Å². The topological polar surface area (TPSA) is 85.4 Å². The number of fused-ring (bicyclic) bond motifs is 1. The Kier molecular flexibility index (Phi) is 11.8. The number of benzene rings is 3. The van der Waals surface area contributed by atoms with Crippen LogP contribution in [0.5, 0.6) is 5.75 Å². The maximum Gasteiger partial charge on any atom is 0.334 e. The number of nitrogens with zero attached hydrogens (tertiary/aromatic N) is 4. The van der Waals surface area contributed by atoms with Crippen molar-refractivity contribution in [1.82, 2.24) is 25.1 Å². The zero-order valence-electron chi connectivity index (χ0n) is 26.3. The molecule has 2 fully saturated rings. The molecule has 9 nitrogen and oxygen atoms in total. The molecular formula is C35H45N5O4. The number of likely N-dealkylation sites (N-methyl/N-ethyl adjacent to an activating group) is 1. The maximum atomic E-state index is 13.7. The molecule has 3 aromatic carbocycles. The Bertz CT molecular complexity index is 1310. The highest BCUT2D eigenvalue weighted by Gasteiger charge is 2.50. The molecule has 1 N–H and O–H groups in total. The summed E-state index contributed by atoms with van der Waals surface area (Å²) in [4.78, 5) is 44.0.